The number of rotatable bonds is 3. The number of aliphatic imine (C=N–C) groups is 2. The van der Waals surface area contributed by atoms with Gasteiger partial charge in [-0.2, -0.15) is 0 Å². The molecule has 0 unspecified atom stereocenters. The van der Waals surface area contributed by atoms with E-state index in [2.05, 4.69) is 39.1 Å². The molecule has 0 radical (unpaired) electrons. The maximum atomic E-state index is 5.99. The number of amidine groups is 1. The third-order valence-corrected chi connectivity index (χ3v) is 4.10. The van der Waals surface area contributed by atoms with E-state index in [0.29, 0.717) is 12.3 Å². The quantitative estimate of drug-likeness (QED) is 0.909. The largest absolute Gasteiger partial charge is 0.382 e. The van der Waals surface area contributed by atoms with Crippen molar-refractivity contribution in [3.8, 4) is 0 Å². The molecule has 3 rings (SSSR count). The van der Waals surface area contributed by atoms with Crippen molar-refractivity contribution < 1.29 is 0 Å². The third-order valence-electron chi connectivity index (χ3n) is 3.61. The highest BCUT2D eigenvalue weighted by molar-refractivity contribution is 9.10. The number of hydrogen-bond donors (Lipinski definition) is 1. The van der Waals surface area contributed by atoms with Gasteiger partial charge in [0.15, 0.2) is 5.66 Å². The molecule has 3 nitrogen and oxygen atoms in total. The molecule has 1 heterocycles. The minimum atomic E-state index is -0.653. The van der Waals surface area contributed by atoms with Crippen molar-refractivity contribution in [2.75, 3.05) is 0 Å². The second-order valence-corrected chi connectivity index (χ2v) is 6.10. The summed E-state index contributed by atoms with van der Waals surface area (Å²) >= 11 is 3.52. The lowest BCUT2D eigenvalue weighted by Gasteiger charge is -2.24. The zero-order valence-corrected chi connectivity index (χ0v) is 13.3. The standard InChI is InChI=1S/C17H16BrN3/c1-12-16(19)21-17(20-12,11-13-6-3-2-4-7-13)14-8-5-9-15(18)10-14/h2-10H,11H2,1H3,(H2,19,21)/t17-/m1/s1. The number of nitrogens with zero attached hydrogens (tertiary/aromatic N) is 2. The highest BCUT2D eigenvalue weighted by Crippen LogP contribution is 2.36. The van der Waals surface area contributed by atoms with E-state index in [1.54, 1.807) is 0 Å². The lowest BCUT2D eigenvalue weighted by atomic mass is 9.93. The molecule has 21 heavy (non-hydrogen) atoms. The van der Waals surface area contributed by atoms with Crippen LogP contribution >= 0.6 is 15.9 Å². The van der Waals surface area contributed by atoms with Crippen LogP contribution in [0.3, 0.4) is 0 Å². The molecule has 0 saturated heterocycles. The van der Waals surface area contributed by atoms with Crippen molar-refractivity contribution in [1.29, 1.82) is 0 Å². The van der Waals surface area contributed by atoms with E-state index >= 15 is 0 Å². The Balaban J connectivity index is 2.09. The van der Waals surface area contributed by atoms with Crippen molar-refractivity contribution >= 4 is 27.5 Å². The van der Waals surface area contributed by atoms with Gasteiger partial charge in [0.2, 0.25) is 0 Å². The molecular formula is C17H16BrN3. The van der Waals surface area contributed by atoms with E-state index in [4.69, 9.17) is 10.7 Å². The first kappa shape index (κ1) is 14.0. The Morgan fingerprint density at radius 3 is 2.43 bits per heavy atom. The molecule has 0 bridgehead atoms. The molecule has 2 aromatic carbocycles. The minimum Gasteiger partial charge on any atom is -0.382 e. The first-order chi connectivity index (χ1) is 10.1. The average Bonchev–Trinajstić information content (AvgIpc) is 2.76. The van der Waals surface area contributed by atoms with Gasteiger partial charge in [0.05, 0.1) is 5.71 Å². The van der Waals surface area contributed by atoms with Gasteiger partial charge in [-0.15, -0.1) is 0 Å². The Labute approximate surface area is 132 Å². The Morgan fingerprint density at radius 2 is 1.81 bits per heavy atom. The Bertz CT molecular complexity index is 702. The zero-order valence-electron chi connectivity index (χ0n) is 11.8. The van der Waals surface area contributed by atoms with Crippen molar-refractivity contribution in [3.63, 3.8) is 0 Å². The van der Waals surface area contributed by atoms with Gasteiger partial charge >= 0.3 is 0 Å². The predicted octanol–water partition coefficient (Wildman–Crippen LogP) is 3.68. The third kappa shape index (κ3) is 2.76. The van der Waals surface area contributed by atoms with Gasteiger partial charge in [-0.05, 0) is 24.6 Å². The molecule has 0 saturated carbocycles. The average molecular weight is 342 g/mol. The second-order valence-electron chi connectivity index (χ2n) is 5.18. The van der Waals surface area contributed by atoms with E-state index in [9.17, 15) is 0 Å². The summed E-state index contributed by atoms with van der Waals surface area (Å²) in [5, 5.41) is 0. The summed E-state index contributed by atoms with van der Waals surface area (Å²) in [6.45, 7) is 1.91. The van der Waals surface area contributed by atoms with Gasteiger partial charge in [-0.3, -0.25) is 4.99 Å². The molecule has 1 aliphatic rings. The molecule has 0 amide bonds. The van der Waals surface area contributed by atoms with Crippen LogP contribution in [0.25, 0.3) is 0 Å². The summed E-state index contributed by atoms with van der Waals surface area (Å²) < 4.78 is 1.01. The summed E-state index contributed by atoms with van der Waals surface area (Å²) in [5.41, 5.74) is 8.36. The van der Waals surface area contributed by atoms with Crippen LogP contribution in [0.4, 0.5) is 0 Å². The first-order valence-corrected chi connectivity index (χ1v) is 7.60. The number of halogens is 1. The molecule has 2 N–H and O–H groups in total. The van der Waals surface area contributed by atoms with Gasteiger partial charge in [0.1, 0.15) is 5.84 Å². The van der Waals surface area contributed by atoms with Gasteiger partial charge in [0, 0.05) is 16.5 Å². The van der Waals surface area contributed by atoms with Crippen molar-refractivity contribution in [1.82, 2.24) is 0 Å². The Hall–Kier alpha value is -1.94. The summed E-state index contributed by atoms with van der Waals surface area (Å²) in [7, 11) is 0. The van der Waals surface area contributed by atoms with Crippen LogP contribution in [0.15, 0.2) is 69.1 Å². The van der Waals surface area contributed by atoms with Gasteiger partial charge in [-0.25, -0.2) is 4.99 Å². The maximum absolute atomic E-state index is 5.99. The monoisotopic (exact) mass is 341 g/mol. The summed E-state index contributed by atoms with van der Waals surface area (Å²) in [5.74, 6) is 0.519. The molecular weight excluding hydrogens is 326 g/mol. The van der Waals surface area contributed by atoms with Crippen LogP contribution in [0.1, 0.15) is 18.1 Å². The number of benzene rings is 2. The molecule has 2 aromatic rings. The van der Waals surface area contributed by atoms with E-state index in [-0.39, 0.29) is 0 Å². The van der Waals surface area contributed by atoms with Crippen LogP contribution in [0.5, 0.6) is 0 Å². The van der Waals surface area contributed by atoms with Crippen molar-refractivity contribution in [3.05, 3.63) is 70.2 Å². The van der Waals surface area contributed by atoms with E-state index in [1.165, 1.54) is 5.56 Å². The van der Waals surface area contributed by atoms with Crippen LogP contribution in [0.2, 0.25) is 0 Å². The highest BCUT2D eigenvalue weighted by atomic mass is 79.9. The van der Waals surface area contributed by atoms with Gasteiger partial charge < -0.3 is 5.73 Å². The number of nitrogens with two attached hydrogens (primary N) is 1. The second kappa shape index (κ2) is 5.45. The fourth-order valence-corrected chi connectivity index (χ4v) is 2.97. The van der Waals surface area contributed by atoms with E-state index in [1.807, 2.05) is 43.3 Å². The lowest BCUT2D eigenvalue weighted by molar-refractivity contribution is 0.479. The van der Waals surface area contributed by atoms with Crippen LogP contribution < -0.4 is 5.73 Å². The van der Waals surface area contributed by atoms with E-state index < -0.39 is 5.66 Å². The van der Waals surface area contributed by atoms with Crippen LogP contribution in [-0.4, -0.2) is 11.5 Å². The topological polar surface area (TPSA) is 50.7 Å². The fraction of sp³-hybridized carbons (Fsp3) is 0.176. The summed E-state index contributed by atoms with van der Waals surface area (Å²) in [6.07, 6.45) is 0.697. The van der Waals surface area contributed by atoms with Crippen molar-refractivity contribution in [2.24, 2.45) is 15.7 Å². The predicted molar refractivity (Wildman–Crippen MR) is 90.7 cm³/mol. The fourth-order valence-electron chi connectivity index (χ4n) is 2.57. The molecule has 4 heteroatoms. The Kier molecular flexibility index (Phi) is 3.64. The first-order valence-electron chi connectivity index (χ1n) is 6.81. The molecule has 1 atom stereocenters. The van der Waals surface area contributed by atoms with E-state index in [0.717, 1.165) is 15.7 Å². The Morgan fingerprint density at radius 1 is 1.05 bits per heavy atom. The van der Waals surface area contributed by atoms with Crippen LogP contribution in [-0.2, 0) is 12.1 Å². The molecule has 0 aromatic heterocycles. The van der Waals surface area contributed by atoms with Gasteiger partial charge in [0.25, 0.3) is 0 Å². The normalized spacial score (nSPS) is 21.0. The minimum absolute atomic E-state index is 0.519. The SMILES string of the molecule is CC1=N[C@@](Cc2ccccc2)(c2cccc(Br)c2)N=C1N. The smallest absolute Gasteiger partial charge is 0.182 e. The lowest BCUT2D eigenvalue weighted by Crippen LogP contribution is -2.23. The zero-order chi connectivity index (χ0) is 14.9. The molecule has 0 aliphatic carbocycles. The summed E-state index contributed by atoms with van der Waals surface area (Å²) in [4.78, 5) is 9.45. The number of hydrogen-bond acceptors (Lipinski definition) is 3. The van der Waals surface area contributed by atoms with Crippen LogP contribution in [0, 0.1) is 0 Å². The van der Waals surface area contributed by atoms with Gasteiger partial charge in [-0.1, -0.05) is 58.4 Å². The molecule has 1 aliphatic heterocycles. The van der Waals surface area contributed by atoms with Crippen molar-refractivity contribution in [2.45, 2.75) is 19.0 Å². The molecule has 0 spiro atoms. The molecule has 0 fully saturated rings. The highest BCUT2D eigenvalue weighted by Gasteiger charge is 2.36. The maximum Gasteiger partial charge on any atom is 0.182 e. The summed E-state index contributed by atoms with van der Waals surface area (Å²) in [6, 6.07) is 18.4. The molecule has 106 valence electrons.